The van der Waals surface area contributed by atoms with Gasteiger partial charge < -0.3 is 9.72 Å². The number of benzene rings is 3. The molecule has 0 atom stereocenters. The van der Waals surface area contributed by atoms with Crippen molar-refractivity contribution in [1.29, 1.82) is 0 Å². The molecule has 0 aliphatic carbocycles. The monoisotopic (exact) mass is 569 g/mol. The molecule has 38 heavy (non-hydrogen) atoms. The van der Waals surface area contributed by atoms with Gasteiger partial charge in [0.05, 0.1) is 17.9 Å². The molecule has 0 unspecified atom stereocenters. The molecule has 0 spiro atoms. The summed E-state index contributed by atoms with van der Waals surface area (Å²) in [6.45, 7) is 0.146. The van der Waals surface area contributed by atoms with Crippen LogP contribution in [0.3, 0.4) is 0 Å². The lowest BCUT2D eigenvalue weighted by atomic mass is 10.2. The van der Waals surface area contributed by atoms with E-state index in [2.05, 4.69) is 4.98 Å². The van der Waals surface area contributed by atoms with Crippen LogP contribution < -0.4 is 9.80 Å². The van der Waals surface area contributed by atoms with E-state index in [9.17, 15) is 14.4 Å². The molecular formula is C28H22Cl3N3O4. The number of H-pyrrole nitrogens is 1. The predicted molar refractivity (Wildman–Crippen MR) is 149 cm³/mol. The van der Waals surface area contributed by atoms with Gasteiger partial charge in [0.1, 0.15) is 12.3 Å². The Morgan fingerprint density at radius 2 is 1.32 bits per heavy atom. The predicted octanol–water partition coefficient (Wildman–Crippen LogP) is 6.90. The Morgan fingerprint density at radius 1 is 0.763 bits per heavy atom. The van der Waals surface area contributed by atoms with Gasteiger partial charge in [-0.1, -0.05) is 114 Å². The van der Waals surface area contributed by atoms with E-state index in [1.54, 1.807) is 30.3 Å². The van der Waals surface area contributed by atoms with E-state index < -0.39 is 21.7 Å². The van der Waals surface area contributed by atoms with E-state index in [4.69, 9.17) is 39.5 Å². The van der Waals surface area contributed by atoms with Crippen LogP contribution in [0, 0.1) is 0 Å². The molecule has 4 aromatic rings. The van der Waals surface area contributed by atoms with Gasteiger partial charge in [0.2, 0.25) is 0 Å². The van der Waals surface area contributed by atoms with E-state index in [-0.39, 0.29) is 24.5 Å². The maximum Gasteiger partial charge on any atom is 0.355 e. The zero-order valence-corrected chi connectivity index (χ0v) is 22.2. The average molecular weight is 571 g/mol. The Kier molecular flexibility index (Phi) is 8.73. The number of urea groups is 1. The first-order chi connectivity index (χ1) is 18.2. The Hall–Kier alpha value is -3.78. The lowest BCUT2D eigenvalue weighted by Gasteiger charge is -2.30. The molecule has 0 bridgehead atoms. The number of nitrogens with one attached hydrogen (secondary N) is 1. The second kappa shape index (κ2) is 12.2. The molecule has 3 aromatic carbocycles. The first kappa shape index (κ1) is 27.3. The summed E-state index contributed by atoms with van der Waals surface area (Å²) < 4.78 is 3.00. The molecule has 4 rings (SSSR count). The van der Waals surface area contributed by atoms with Crippen molar-refractivity contribution in [1.82, 2.24) is 4.98 Å². The number of halogens is 3. The van der Waals surface area contributed by atoms with Crippen LogP contribution in [-0.4, -0.2) is 26.7 Å². The summed E-state index contributed by atoms with van der Waals surface area (Å²) in [5.41, 5.74) is 2.25. The van der Waals surface area contributed by atoms with Gasteiger partial charge in [-0.15, -0.1) is 0 Å². The quantitative estimate of drug-likeness (QED) is 0.193. The first-order valence-electron chi connectivity index (χ1n) is 11.5. The Labute approximate surface area is 234 Å². The van der Waals surface area contributed by atoms with Gasteiger partial charge in [-0.05, 0) is 29.3 Å². The summed E-state index contributed by atoms with van der Waals surface area (Å²) in [4.78, 5) is 44.7. The van der Waals surface area contributed by atoms with Crippen LogP contribution in [0.15, 0.2) is 103 Å². The number of hydrogen-bond acceptors (Lipinski definition) is 4. The van der Waals surface area contributed by atoms with Crippen LogP contribution >= 0.6 is 34.8 Å². The van der Waals surface area contributed by atoms with E-state index in [0.717, 1.165) is 16.0 Å². The normalized spacial score (nSPS) is 11.0. The number of aromatic amines is 1. The lowest BCUT2D eigenvalue weighted by Crippen LogP contribution is -2.50. The van der Waals surface area contributed by atoms with Gasteiger partial charge in [-0.3, -0.25) is 9.69 Å². The number of amides is 3. The number of ether oxygens (including phenoxy) is 1. The molecule has 0 aliphatic rings. The molecule has 0 fully saturated rings. The number of para-hydroxylation sites is 1. The summed E-state index contributed by atoms with van der Waals surface area (Å²) in [6.07, 6.45) is 1.48. The smallest absolute Gasteiger partial charge is 0.355 e. The zero-order valence-electron chi connectivity index (χ0n) is 19.9. The van der Waals surface area contributed by atoms with Gasteiger partial charge in [-0.2, -0.15) is 0 Å². The van der Waals surface area contributed by atoms with Crippen LogP contribution in [0.25, 0.3) is 0 Å². The fourth-order valence-electron chi connectivity index (χ4n) is 3.63. The molecule has 1 N–H and O–H groups in total. The third kappa shape index (κ3) is 6.75. The molecule has 194 valence electrons. The highest BCUT2D eigenvalue weighted by Crippen LogP contribution is 2.33. The van der Waals surface area contributed by atoms with E-state index >= 15 is 0 Å². The van der Waals surface area contributed by atoms with Crippen molar-refractivity contribution in [3.05, 3.63) is 120 Å². The molecular weight excluding hydrogens is 549 g/mol. The first-order valence-corrected chi connectivity index (χ1v) is 12.6. The highest BCUT2D eigenvalue weighted by molar-refractivity contribution is 6.77. The van der Waals surface area contributed by atoms with Gasteiger partial charge >= 0.3 is 12.0 Å². The number of rotatable bonds is 7. The largest absolute Gasteiger partial charge is 0.456 e. The number of carbonyl (C=O) groups is 3. The highest BCUT2D eigenvalue weighted by atomic mass is 35.6. The molecule has 1 heterocycles. The zero-order chi connectivity index (χ0) is 27.1. The van der Waals surface area contributed by atoms with Crippen LogP contribution in [0.5, 0.6) is 0 Å². The topological polar surface area (TPSA) is 82.7 Å². The van der Waals surface area contributed by atoms with Gasteiger partial charge in [0, 0.05) is 6.20 Å². The van der Waals surface area contributed by atoms with Gasteiger partial charge in [0.25, 0.3) is 9.70 Å². The summed E-state index contributed by atoms with van der Waals surface area (Å²) >= 11 is 17.7. The minimum atomic E-state index is -2.39. The number of hydrogen-bond donors (Lipinski definition) is 1. The fourth-order valence-corrected chi connectivity index (χ4v) is 3.89. The minimum absolute atomic E-state index is 0.0620. The molecule has 0 saturated carbocycles. The van der Waals surface area contributed by atoms with Crippen LogP contribution in [0.4, 0.5) is 16.2 Å². The number of alkyl halides is 3. The van der Waals surface area contributed by atoms with E-state index in [0.29, 0.717) is 5.69 Å². The second-order valence-electron chi connectivity index (χ2n) is 8.16. The van der Waals surface area contributed by atoms with Crippen molar-refractivity contribution in [3.63, 3.8) is 0 Å². The van der Waals surface area contributed by atoms with Crippen LogP contribution in [-0.2, 0) is 22.7 Å². The van der Waals surface area contributed by atoms with Crippen molar-refractivity contribution in [2.24, 2.45) is 0 Å². The van der Waals surface area contributed by atoms with Crippen molar-refractivity contribution in [2.75, 3.05) is 9.80 Å². The number of aromatic nitrogens is 1. The number of anilines is 2. The summed E-state index contributed by atoms with van der Waals surface area (Å²) in [7, 11) is 0. The molecule has 7 nitrogen and oxygen atoms in total. The third-order valence-electron chi connectivity index (χ3n) is 5.48. The number of esters is 1. The van der Waals surface area contributed by atoms with Crippen LogP contribution in [0.2, 0.25) is 0 Å². The maximum absolute atomic E-state index is 14.0. The standard InChI is InChI=1S/C28H22Cl3N3O4/c29-28(30,31)26(36)34(22-14-8-3-9-15-22)27(37)33(18-20-10-4-1-5-11-20)23-16-24(32-17-23)25(35)38-19-21-12-6-2-7-13-21/h1-17,32H,18-19H2. The Morgan fingerprint density at radius 3 is 1.89 bits per heavy atom. The summed E-state index contributed by atoms with van der Waals surface area (Å²) in [6, 6.07) is 27.2. The average Bonchev–Trinajstić information content (AvgIpc) is 3.42. The van der Waals surface area contributed by atoms with Crippen molar-refractivity contribution in [2.45, 2.75) is 16.9 Å². The molecule has 3 amide bonds. The summed E-state index contributed by atoms with van der Waals surface area (Å²) in [5, 5.41) is 0. The van der Waals surface area contributed by atoms with Crippen LogP contribution in [0.1, 0.15) is 21.6 Å². The number of nitrogens with zero attached hydrogens (tertiary/aromatic N) is 2. The summed E-state index contributed by atoms with van der Waals surface area (Å²) in [5.74, 6) is -1.65. The van der Waals surface area contributed by atoms with Crippen molar-refractivity contribution < 1.29 is 19.1 Å². The Balaban J connectivity index is 1.66. The molecule has 0 saturated heterocycles. The Bertz CT molecular complexity index is 1390. The van der Waals surface area contributed by atoms with E-state index in [1.807, 2.05) is 60.7 Å². The highest BCUT2D eigenvalue weighted by Gasteiger charge is 2.41. The SMILES string of the molecule is O=C(OCc1ccccc1)c1cc(N(Cc2ccccc2)C(=O)N(C(=O)C(Cl)(Cl)Cl)c2ccccc2)c[nH]1. The minimum Gasteiger partial charge on any atom is -0.456 e. The number of imide groups is 1. The number of carbonyl (C=O) groups excluding carboxylic acids is 3. The molecule has 10 heteroatoms. The third-order valence-corrected chi connectivity index (χ3v) is 5.96. The van der Waals surface area contributed by atoms with Crippen molar-refractivity contribution in [3.8, 4) is 0 Å². The van der Waals surface area contributed by atoms with Crippen molar-refractivity contribution >= 4 is 64.1 Å². The fraction of sp³-hybridized carbons (Fsp3) is 0.107. The van der Waals surface area contributed by atoms with Gasteiger partial charge in [0.15, 0.2) is 0 Å². The lowest BCUT2D eigenvalue weighted by molar-refractivity contribution is -0.117. The molecule has 1 aromatic heterocycles. The molecule has 0 aliphatic heterocycles. The van der Waals surface area contributed by atoms with E-state index in [1.165, 1.54) is 17.2 Å². The second-order valence-corrected chi connectivity index (χ2v) is 10.4. The maximum atomic E-state index is 14.0. The van der Waals surface area contributed by atoms with Gasteiger partial charge in [-0.25, -0.2) is 14.5 Å². The molecule has 0 radical (unpaired) electrons.